The third-order valence-corrected chi connectivity index (χ3v) is 4.43. The molecule has 0 amide bonds. The molecule has 0 N–H and O–H groups in total. The summed E-state index contributed by atoms with van der Waals surface area (Å²) in [5, 5.41) is 0. The van der Waals surface area contributed by atoms with Crippen LogP contribution in [0.2, 0.25) is 0 Å². The summed E-state index contributed by atoms with van der Waals surface area (Å²) in [7, 11) is 0. The van der Waals surface area contributed by atoms with Gasteiger partial charge < -0.3 is 4.74 Å². The average Bonchev–Trinajstić information content (AvgIpc) is 2.64. The van der Waals surface area contributed by atoms with Gasteiger partial charge in [0.1, 0.15) is 0 Å². The highest BCUT2D eigenvalue weighted by atomic mass is 19.4. The number of halogens is 6. The summed E-state index contributed by atoms with van der Waals surface area (Å²) in [6.45, 7) is 0. The van der Waals surface area contributed by atoms with Crippen LogP contribution in [0.1, 0.15) is 12.8 Å². The third kappa shape index (κ3) is 1.89. The van der Waals surface area contributed by atoms with Crippen LogP contribution >= 0.6 is 0 Å². The van der Waals surface area contributed by atoms with Crippen LogP contribution in [0.25, 0.3) is 0 Å². The molecule has 3 aliphatic carbocycles. The van der Waals surface area contributed by atoms with Crippen molar-refractivity contribution in [3.05, 3.63) is 11.1 Å². The van der Waals surface area contributed by atoms with Crippen LogP contribution in [0.4, 0.5) is 26.3 Å². The van der Waals surface area contributed by atoms with Crippen molar-refractivity contribution in [2.24, 2.45) is 23.7 Å². The number of cyclic esters (lactones) is 2. The van der Waals surface area contributed by atoms with Crippen molar-refractivity contribution in [3.63, 3.8) is 0 Å². The molecule has 1 saturated carbocycles. The Balaban J connectivity index is 2.23. The lowest BCUT2D eigenvalue weighted by atomic mass is 9.56. The maximum absolute atomic E-state index is 13.1. The maximum atomic E-state index is 13.1. The Bertz CT molecular complexity index is 510. The molecule has 116 valence electrons. The Hall–Kier alpha value is -1.54. The largest absolute Gasteiger partial charge is 0.413 e. The Morgan fingerprint density at radius 1 is 0.762 bits per heavy atom. The van der Waals surface area contributed by atoms with Crippen LogP contribution < -0.4 is 0 Å². The first kappa shape index (κ1) is 14.4. The minimum atomic E-state index is -5.19. The number of fused-ring (bicyclic) bond motifs is 1. The summed E-state index contributed by atoms with van der Waals surface area (Å²) < 4.78 is 82.7. The Morgan fingerprint density at radius 2 is 1.10 bits per heavy atom. The van der Waals surface area contributed by atoms with E-state index in [1.54, 1.807) is 0 Å². The van der Waals surface area contributed by atoms with Gasteiger partial charge in [-0.15, -0.1) is 0 Å². The van der Waals surface area contributed by atoms with Gasteiger partial charge in [0.25, 0.3) is 0 Å². The fourth-order valence-electron chi connectivity index (χ4n) is 3.85. The summed E-state index contributed by atoms with van der Waals surface area (Å²) in [6, 6.07) is 0. The van der Waals surface area contributed by atoms with Gasteiger partial charge in [0, 0.05) is 23.0 Å². The lowest BCUT2D eigenvalue weighted by molar-refractivity contribution is -0.154. The van der Waals surface area contributed by atoms with Crippen LogP contribution in [0.3, 0.4) is 0 Å². The monoisotopic (exact) mass is 314 g/mol. The summed E-state index contributed by atoms with van der Waals surface area (Å²) in [6.07, 6.45) is -10.8. The van der Waals surface area contributed by atoms with E-state index in [9.17, 15) is 35.9 Å². The van der Waals surface area contributed by atoms with E-state index in [0.717, 1.165) is 0 Å². The number of carbonyl (C=O) groups excluding carboxylic acids is 2. The Kier molecular flexibility index (Phi) is 2.75. The summed E-state index contributed by atoms with van der Waals surface area (Å²) in [5.41, 5.74) is -3.42. The highest BCUT2D eigenvalue weighted by Gasteiger charge is 2.66. The predicted octanol–water partition coefficient (Wildman–Crippen LogP) is 2.76. The fraction of sp³-hybridized carbons (Fsp3) is 0.667. The standard InChI is InChI=1S/C12H8F6O3/c13-11(14,15)7-3-1-2-4(8(7)12(16,17)18)6-5(3)9(19)21-10(6)20/h3-6H,1-2H2. The number of hydrogen-bond acceptors (Lipinski definition) is 3. The molecule has 0 aromatic rings. The molecule has 4 atom stereocenters. The summed E-state index contributed by atoms with van der Waals surface area (Å²) >= 11 is 0. The Morgan fingerprint density at radius 3 is 1.38 bits per heavy atom. The van der Waals surface area contributed by atoms with E-state index in [-0.39, 0.29) is 12.8 Å². The number of allylic oxidation sites excluding steroid dienone is 2. The summed E-state index contributed by atoms with van der Waals surface area (Å²) in [4.78, 5) is 23.0. The van der Waals surface area contributed by atoms with Gasteiger partial charge in [-0.2, -0.15) is 26.3 Å². The predicted molar refractivity (Wildman–Crippen MR) is 53.4 cm³/mol. The quantitative estimate of drug-likeness (QED) is 0.299. The second-order valence-electron chi connectivity index (χ2n) is 5.40. The molecule has 4 aliphatic rings. The van der Waals surface area contributed by atoms with Crippen molar-refractivity contribution in [3.8, 4) is 0 Å². The van der Waals surface area contributed by atoms with Crippen LogP contribution in [0.5, 0.6) is 0 Å². The minimum Gasteiger partial charge on any atom is -0.393 e. The van der Waals surface area contributed by atoms with Crippen molar-refractivity contribution in [2.75, 3.05) is 0 Å². The van der Waals surface area contributed by atoms with Gasteiger partial charge in [0.2, 0.25) is 0 Å². The van der Waals surface area contributed by atoms with E-state index in [0.29, 0.717) is 0 Å². The number of carbonyl (C=O) groups is 2. The molecule has 3 nitrogen and oxygen atoms in total. The molecule has 4 unspecified atom stereocenters. The van der Waals surface area contributed by atoms with Crippen molar-refractivity contribution in [1.29, 1.82) is 0 Å². The van der Waals surface area contributed by atoms with Gasteiger partial charge in [0.15, 0.2) is 0 Å². The number of hydrogen-bond donors (Lipinski definition) is 0. The summed E-state index contributed by atoms with van der Waals surface area (Å²) in [5.74, 6) is -8.51. The average molecular weight is 314 g/mol. The number of ether oxygens (including phenoxy) is 1. The first-order chi connectivity index (χ1) is 9.53. The Labute approximate surface area is 113 Å². The molecule has 1 heterocycles. The first-order valence-electron chi connectivity index (χ1n) is 6.17. The molecule has 0 spiro atoms. The lowest BCUT2D eigenvalue weighted by Crippen LogP contribution is -2.49. The topological polar surface area (TPSA) is 43.4 Å². The van der Waals surface area contributed by atoms with Gasteiger partial charge >= 0.3 is 24.3 Å². The third-order valence-electron chi connectivity index (χ3n) is 4.43. The van der Waals surface area contributed by atoms with Gasteiger partial charge in [0.05, 0.1) is 11.8 Å². The maximum Gasteiger partial charge on any atom is 0.413 e. The number of alkyl halides is 6. The van der Waals surface area contributed by atoms with E-state index in [1.807, 2.05) is 0 Å². The molecule has 0 radical (unpaired) electrons. The highest BCUT2D eigenvalue weighted by Crippen LogP contribution is 2.61. The molecule has 2 bridgehead atoms. The van der Waals surface area contributed by atoms with Crippen LogP contribution in [0.15, 0.2) is 11.1 Å². The minimum absolute atomic E-state index is 0.206. The van der Waals surface area contributed by atoms with E-state index in [1.165, 1.54) is 0 Å². The molecular weight excluding hydrogens is 306 g/mol. The van der Waals surface area contributed by atoms with Crippen LogP contribution in [0, 0.1) is 23.7 Å². The number of esters is 2. The normalized spacial score (nSPS) is 36.1. The van der Waals surface area contributed by atoms with Crippen molar-refractivity contribution in [2.45, 2.75) is 25.2 Å². The smallest absolute Gasteiger partial charge is 0.393 e. The van der Waals surface area contributed by atoms with Gasteiger partial charge in [-0.05, 0) is 12.8 Å². The zero-order valence-electron chi connectivity index (χ0n) is 10.2. The van der Waals surface area contributed by atoms with Gasteiger partial charge in [-0.25, -0.2) is 0 Å². The van der Waals surface area contributed by atoms with Crippen molar-refractivity contribution < 1.29 is 40.7 Å². The van der Waals surface area contributed by atoms with Crippen molar-refractivity contribution in [1.82, 2.24) is 0 Å². The number of rotatable bonds is 0. The molecule has 1 aliphatic heterocycles. The van der Waals surface area contributed by atoms with Gasteiger partial charge in [-0.1, -0.05) is 0 Å². The van der Waals surface area contributed by atoms with E-state index in [2.05, 4.69) is 4.74 Å². The lowest BCUT2D eigenvalue weighted by Gasteiger charge is -2.45. The van der Waals surface area contributed by atoms with Crippen LogP contribution in [-0.2, 0) is 14.3 Å². The molecule has 2 fully saturated rings. The second-order valence-corrected chi connectivity index (χ2v) is 5.40. The first-order valence-corrected chi connectivity index (χ1v) is 6.17. The molecule has 4 rings (SSSR count). The molecule has 21 heavy (non-hydrogen) atoms. The molecule has 0 aromatic heterocycles. The second kappa shape index (κ2) is 4.01. The molecule has 0 aromatic carbocycles. The molecule has 9 heteroatoms. The zero-order valence-corrected chi connectivity index (χ0v) is 10.2. The van der Waals surface area contributed by atoms with Crippen molar-refractivity contribution >= 4 is 11.9 Å². The van der Waals surface area contributed by atoms with E-state index < -0.39 is 59.1 Å². The van der Waals surface area contributed by atoms with E-state index in [4.69, 9.17) is 0 Å². The van der Waals surface area contributed by atoms with Gasteiger partial charge in [-0.3, -0.25) is 9.59 Å². The molecule has 1 saturated heterocycles. The van der Waals surface area contributed by atoms with Crippen LogP contribution in [-0.4, -0.2) is 24.3 Å². The fourth-order valence-corrected chi connectivity index (χ4v) is 3.85. The highest BCUT2D eigenvalue weighted by molar-refractivity contribution is 5.98. The van der Waals surface area contributed by atoms with E-state index >= 15 is 0 Å². The molecular formula is C12H8F6O3. The zero-order chi connectivity index (χ0) is 15.7. The SMILES string of the molecule is O=C1OC(=O)C2C3CCC(C(C(F)(F)F)=C3C(F)(F)F)C12.